The normalized spacial score (nSPS) is 10.4. The van der Waals surface area contributed by atoms with Crippen LogP contribution < -0.4 is 5.32 Å². The Bertz CT molecular complexity index is 829. The van der Waals surface area contributed by atoms with E-state index in [1.54, 1.807) is 17.3 Å². The number of hydrogen-bond donors (Lipinski definition) is 1. The molecule has 4 nitrogen and oxygen atoms in total. The van der Waals surface area contributed by atoms with Gasteiger partial charge < -0.3 is 10.2 Å². The zero-order chi connectivity index (χ0) is 16.9. The number of rotatable bonds is 5. The van der Waals surface area contributed by atoms with E-state index in [9.17, 15) is 4.79 Å². The van der Waals surface area contributed by atoms with Crippen LogP contribution in [0, 0.1) is 6.92 Å². The van der Waals surface area contributed by atoms with E-state index >= 15 is 0 Å². The summed E-state index contributed by atoms with van der Waals surface area (Å²) in [4.78, 5) is 18.6. The van der Waals surface area contributed by atoms with E-state index in [0.717, 1.165) is 16.4 Å². The van der Waals surface area contributed by atoms with Crippen molar-refractivity contribution in [3.8, 4) is 0 Å². The number of carbonyl (C=O) groups excluding carboxylic acids is 1. The number of carbonyl (C=O) groups is 1. The van der Waals surface area contributed by atoms with Gasteiger partial charge in [0.2, 0.25) is 0 Å². The largest absolute Gasteiger partial charge is 0.336 e. The van der Waals surface area contributed by atoms with E-state index in [0.29, 0.717) is 12.2 Å². The minimum Gasteiger partial charge on any atom is -0.336 e. The van der Waals surface area contributed by atoms with Gasteiger partial charge in [0.05, 0.1) is 0 Å². The van der Waals surface area contributed by atoms with Gasteiger partial charge in [-0.25, -0.2) is 4.98 Å². The van der Waals surface area contributed by atoms with Gasteiger partial charge in [0.1, 0.15) is 5.69 Å². The maximum atomic E-state index is 12.5. The number of amides is 1. The summed E-state index contributed by atoms with van der Waals surface area (Å²) >= 11 is 1.43. The third kappa shape index (κ3) is 4.00. The monoisotopic (exact) mass is 337 g/mol. The lowest BCUT2D eigenvalue weighted by Gasteiger charge is -2.15. The summed E-state index contributed by atoms with van der Waals surface area (Å²) in [5.41, 5.74) is 3.71. The molecule has 0 aliphatic rings. The lowest BCUT2D eigenvalue weighted by Crippen LogP contribution is -2.26. The summed E-state index contributed by atoms with van der Waals surface area (Å²) in [6, 6.07) is 18.0. The van der Waals surface area contributed by atoms with Crippen molar-refractivity contribution in [2.75, 3.05) is 12.4 Å². The molecule has 0 radical (unpaired) electrons. The average Bonchev–Trinajstić information content (AvgIpc) is 3.03. The molecular formula is C19H19N3OS. The second-order valence-electron chi connectivity index (χ2n) is 5.68. The van der Waals surface area contributed by atoms with Crippen LogP contribution in [0.4, 0.5) is 10.8 Å². The zero-order valence-corrected chi connectivity index (χ0v) is 14.5. The highest BCUT2D eigenvalue weighted by Gasteiger charge is 2.15. The van der Waals surface area contributed by atoms with E-state index in [2.05, 4.69) is 10.3 Å². The highest BCUT2D eigenvalue weighted by Crippen LogP contribution is 2.22. The summed E-state index contributed by atoms with van der Waals surface area (Å²) in [7, 11) is 1.79. The quantitative estimate of drug-likeness (QED) is 0.747. The van der Waals surface area contributed by atoms with E-state index in [-0.39, 0.29) is 5.91 Å². The Balaban J connectivity index is 1.67. The smallest absolute Gasteiger partial charge is 0.273 e. The first kappa shape index (κ1) is 16.2. The van der Waals surface area contributed by atoms with E-state index in [1.807, 2.05) is 61.5 Å². The number of benzene rings is 2. The minimum atomic E-state index is -0.0765. The van der Waals surface area contributed by atoms with Crippen molar-refractivity contribution in [2.45, 2.75) is 13.5 Å². The Morgan fingerprint density at radius 1 is 1.17 bits per heavy atom. The first-order chi connectivity index (χ1) is 11.6. The molecule has 1 heterocycles. The SMILES string of the molecule is Cc1cccc(Nc2nc(C(=O)N(C)Cc3ccccc3)cs2)c1. The molecule has 3 rings (SSSR count). The van der Waals surface area contributed by atoms with Crippen molar-refractivity contribution in [2.24, 2.45) is 0 Å². The Morgan fingerprint density at radius 3 is 2.71 bits per heavy atom. The predicted octanol–water partition coefficient (Wildman–Crippen LogP) is 4.47. The lowest BCUT2D eigenvalue weighted by atomic mass is 10.2. The molecule has 0 unspecified atom stereocenters. The Morgan fingerprint density at radius 2 is 1.96 bits per heavy atom. The molecule has 2 aromatic carbocycles. The topological polar surface area (TPSA) is 45.2 Å². The number of nitrogens with zero attached hydrogens (tertiary/aromatic N) is 2. The first-order valence-electron chi connectivity index (χ1n) is 7.70. The van der Waals surface area contributed by atoms with E-state index in [1.165, 1.54) is 16.9 Å². The summed E-state index contributed by atoms with van der Waals surface area (Å²) < 4.78 is 0. The summed E-state index contributed by atoms with van der Waals surface area (Å²) in [5.74, 6) is -0.0765. The van der Waals surface area contributed by atoms with Crippen LogP contribution in [0.3, 0.4) is 0 Å². The number of aryl methyl sites for hydroxylation is 1. The van der Waals surface area contributed by atoms with Crippen LogP contribution >= 0.6 is 11.3 Å². The van der Waals surface area contributed by atoms with Crippen LogP contribution in [0.15, 0.2) is 60.0 Å². The minimum absolute atomic E-state index is 0.0765. The molecule has 1 aromatic heterocycles. The molecule has 0 saturated heterocycles. The van der Waals surface area contributed by atoms with Crippen LogP contribution in [0.2, 0.25) is 0 Å². The maximum Gasteiger partial charge on any atom is 0.273 e. The predicted molar refractivity (Wildman–Crippen MR) is 98.8 cm³/mol. The number of aromatic nitrogens is 1. The van der Waals surface area contributed by atoms with Crippen LogP contribution in [0.5, 0.6) is 0 Å². The number of thiazole rings is 1. The van der Waals surface area contributed by atoms with Crippen molar-refractivity contribution >= 4 is 28.1 Å². The van der Waals surface area contributed by atoms with Gasteiger partial charge in [0.15, 0.2) is 5.13 Å². The first-order valence-corrected chi connectivity index (χ1v) is 8.58. The Hall–Kier alpha value is -2.66. The summed E-state index contributed by atoms with van der Waals surface area (Å²) in [5, 5.41) is 5.76. The maximum absolute atomic E-state index is 12.5. The van der Waals surface area contributed by atoms with Gasteiger partial charge in [0, 0.05) is 24.7 Å². The van der Waals surface area contributed by atoms with Gasteiger partial charge in [-0.05, 0) is 30.2 Å². The standard InChI is InChI=1S/C19H19N3OS/c1-14-7-6-10-16(11-14)20-19-21-17(13-24-19)18(23)22(2)12-15-8-4-3-5-9-15/h3-11,13H,12H2,1-2H3,(H,20,21). The molecule has 0 atom stereocenters. The molecule has 1 amide bonds. The average molecular weight is 337 g/mol. The van der Waals surface area contributed by atoms with Crippen molar-refractivity contribution in [1.29, 1.82) is 0 Å². The molecular weight excluding hydrogens is 318 g/mol. The molecule has 1 N–H and O–H groups in total. The summed E-state index contributed by atoms with van der Waals surface area (Å²) in [6.45, 7) is 2.61. The van der Waals surface area contributed by atoms with Crippen molar-refractivity contribution in [3.63, 3.8) is 0 Å². The van der Waals surface area contributed by atoms with Crippen molar-refractivity contribution < 1.29 is 4.79 Å². The molecule has 3 aromatic rings. The van der Waals surface area contributed by atoms with Gasteiger partial charge in [-0.1, -0.05) is 42.5 Å². The van der Waals surface area contributed by atoms with Crippen LogP contribution in [0.25, 0.3) is 0 Å². The Labute approximate surface area is 145 Å². The fraction of sp³-hybridized carbons (Fsp3) is 0.158. The van der Waals surface area contributed by atoms with E-state index in [4.69, 9.17) is 0 Å². The molecule has 122 valence electrons. The zero-order valence-electron chi connectivity index (χ0n) is 13.7. The highest BCUT2D eigenvalue weighted by atomic mass is 32.1. The fourth-order valence-corrected chi connectivity index (χ4v) is 3.10. The van der Waals surface area contributed by atoms with Gasteiger partial charge in [-0.15, -0.1) is 11.3 Å². The lowest BCUT2D eigenvalue weighted by molar-refractivity contribution is 0.0780. The summed E-state index contributed by atoms with van der Waals surface area (Å²) in [6.07, 6.45) is 0. The van der Waals surface area contributed by atoms with Crippen LogP contribution in [-0.4, -0.2) is 22.8 Å². The number of anilines is 2. The van der Waals surface area contributed by atoms with Crippen LogP contribution in [-0.2, 0) is 6.54 Å². The molecule has 5 heteroatoms. The van der Waals surface area contributed by atoms with Crippen LogP contribution in [0.1, 0.15) is 21.6 Å². The Kier molecular flexibility index (Phi) is 4.91. The molecule has 0 spiro atoms. The second kappa shape index (κ2) is 7.27. The second-order valence-corrected chi connectivity index (χ2v) is 6.54. The molecule has 24 heavy (non-hydrogen) atoms. The molecule has 0 bridgehead atoms. The number of nitrogens with one attached hydrogen (secondary N) is 1. The van der Waals surface area contributed by atoms with E-state index < -0.39 is 0 Å². The van der Waals surface area contributed by atoms with Gasteiger partial charge in [-0.2, -0.15) is 0 Å². The van der Waals surface area contributed by atoms with Gasteiger partial charge in [0.25, 0.3) is 5.91 Å². The third-order valence-electron chi connectivity index (χ3n) is 3.60. The fourth-order valence-electron chi connectivity index (χ4n) is 2.40. The molecule has 0 saturated carbocycles. The molecule has 0 aliphatic carbocycles. The van der Waals surface area contributed by atoms with Crippen molar-refractivity contribution in [3.05, 3.63) is 76.8 Å². The third-order valence-corrected chi connectivity index (χ3v) is 4.36. The van der Waals surface area contributed by atoms with Gasteiger partial charge >= 0.3 is 0 Å². The molecule has 0 aliphatic heterocycles. The number of hydrogen-bond acceptors (Lipinski definition) is 4. The van der Waals surface area contributed by atoms with Gasteiger partial charge in [-0.3, -0.25) is 4.79 Å². The molecule has 0 fully saturated rings. The van der Waals surface area contributed by atoms with Crippen molar-refractivity contribution in [1.82, 2.24) is 9.88 Å². The highest BCUT2D eigenvalue weighted by molar-refractivity contribution is 7.14.